The molecule has 6 nitrogen and oxygen atoms in total. The lowest BCUT2D eigenvalue weighted by molar-refractivity contribution is 0.399. The van der Waals surface area contributed by atoms with Gasteiger partial charge in [0, 0.05) is 44.8 Å². The molecule has 6 heteroatoms. The molecule has 0 saturated carbocycles. The van der Waals surface area contributed by atoms with Gasteiger partial charge in [0.2, 0.25) is 11.8 Å². The number of aromatic nitrogens is 4. The molecule has 0 fully saturated rings. The first-order valence-corrected chi connectivity index (χ1v) is 21.4. The summed E-state index contributed by atoms with van der Waals surface area (Å²) in [6, 6.07) is 63.5. The third kappa shape index (κ3) is 6.68. The van der Waals surface area contributed by atoms with Gasteiger partial charge in [-0.05, 0) is 93.7 Å². The van der Waals surface area contributed by atoms with Crippen molar-refractivity contribution in [2.45, 2.75) is 13.8 Å². The average Bonchev–Trinajstić information content (AvgIpc) is 3.36. The molecule has 4 heterocycles. The minimum absolute atomic E-state index is 0.541. The van der Waals surface area contributed by atoms with Crippen LogP contribution in [0.2, 0.25) is 0 Å². The normalized spacial score (nSPS) is 11.4. The Hall–Kier alpha value is -8.22. The summed E-state index contributed by atoms with van der Waals surface area (Å²) in [5.74, 6) is 1.08. The van der Waals surface area contributed by atoms with Gasteiger partial charge in [0.25, 0.3) is 0 Å². The zero-order valence-electron chi connectivity index (χ0n) is 35.9. The lowest BCUT2D eigenvalue weighted by Crippen LogP contribution is -1.99. The zero-order valence-corrected chi connectivity index (χ0v) is 35.9. The maximum absolute atomic E-state index is 5.82. The van der Waals surface area contributed by atoms with Crippen molar-refractivity contribution in [1.82, 2.24) is 19.9 Å². The van der Waals surface area contributed by atoms with Gasteiger partial charge in [-0.3, -0.25) is 0 Å². The molecule has 306 valence electrons. The van der Waals surface area contributed by atoms with Crippen molar-refractivity contribution in [2.75, 3.05) is 14.2 Å². The number of hydrogen-bond acceptors (Lipinski definition) is 6. The van der Waals surface area contributed by atoms with Crippen LogP contribution in [0.15, 0.2) is 182 Å². The van der Waals surface area contributed by atoms with E-state index in [1.165, 1.54) is 0 Å². The van der Waals surface area contributed by atoms with E-state index < -0.39 is 0 Å². The number of benzene rings is 7. The highest BCUT2D eigenvalue weighted by Gasteiger charge is 2.21. The average molecular weight is 827 g/mol. The molecular weight excluding hydrogens is 785 g/mol. The Labute approximate surface area is 371 Å². The van der Waals surface area contributed by atoms with Crippen LogP contribution >= 0.6 is 0 Å². The zero-order chi connectivity index (χ0) is 43.3. The summed E-state index contributed by atoms with van der Waals surface area (Å²) in [4.78, 5) is 21.2. The molecule has 4 aromatic heterocycles. The van der Waals surface area contributed by atoms with Crippen molar-refractivity contribution in [2.24, 2.45) is 0 Å². The van der Waals surface area contributed by atoms with Gasteiger partial charge in [-0.15, -0.1) is 0 Å². The van der Waals surface area contributed by atoms with Crippen molar-refractivity contribution >= 4 is 43.6 Å². The number of fused-ring (bicyclic) bond motifs is 6. The van der Waals surface area contributed by atoms with E-state index in [0.29, 0.717) is 11.8 Å². The molecule has 11 aromatic rings. The lowest BCUT2D eigenvalue weighted by atomic mass is 9.91. The Morgan fingerprint density at radius 1 is 0.297 bits per heavy atom. The van der Waals surface area contributed by atoms with Crippen LogP contribution in [0.5, 0.6) is 11.8 Å². The van der Waals surface area contributed by atoms with Gasteiger partial charge in [0.15, 0.2) is 0 Å². The quantitative estimate of drug-likeness (QED) is 0.142. The second kappa shape index (κ2) is 15.9. The number of rotatable bonds is 8. The second-order valence-corrected chi connectivity index (χ2v) is 16.2. The molecular formula is C58H42N4O2. The Bertz CT molecular complexity index is 3340. The minimum Gasteiger partial charge on any atom is -0.481 e. The van der Waals surface area contributed by atoms with Crippen molar-refractivity contribution < 1.29 is 9.47 Å². The van der Waals surface area contributed by atoms with Crippen molar-refractivity contribution in [3.05, 3.63) is 193 Å². The summed E-state index contributed by atoms with van der Waals surface area (Å²) in [7, 11) is 3.34. The number of aryl methyl sites for hydroxylation is 2. The van der Waals surface area contributed by atoms with Crippen LogP contribution in [0.1, 0.15) is 11.1 Å². The Kier molecular flexibility index (Phi) is 9.62. The van der Waals surface area contributed by atoms with E-state index >= 15 is 0 Å². The summed E-state index contributed by atoms with van der Waals surface area (Å²) in [5, 5.41) is 4.07. The van der Waals surface area contributed by atoms with Crippen LogP contribution in [0.3, 0.4) is 0 Å². The fourth-order valence-electron chi connectivity index (χ4n) is 9.18. The summed E-state index contributed by atoms with van der Waals surface area (Å²) in [5.41, 5.74) is 17.8. The molecule has 0 saturated heterocycles. The predicted molar refractivity (Wildman–Crippen MR) is 263 cm³/mol. The molecule has 0 unspecified atom stereocenters. The van der Waals surface area contributed by atoms with Crippen LogP contribution in [-0.4, -0.2) is 34.2 Å². The molecule has 0 aliphatic carbocycles. The largest absolute Gasteiger partial charge is 0.481 e. The van der Waals surface area contributed by atoms with Crippen LogP contribution < -0.4 is 9.47 Å². The predicted octanol–water partition coefficient (Wildman–Crippen LogP) is 14.5. The standard InChI is InChI=1S/C58H42N4O2/c1-35-29-46(52-32-48(38-19-11-6-12-20-38)42-26-28-44-50(40-23-15-8-16-24-40)34-54(64-4)62-58(44)56(42)60-52)36(2)30-45(35)51-31-47(37-17-9-5-10-18-37)41-25-27-43-49(39-21-13-7-14-22-39)33-53(63-3)61-57(43)55(41)59-51/h5-34H,1-4H3. The maximum atomic E-state index is 5.82. The van der Waals surface area contributed by atoms with E-state index in [1.807, 2.05) is 24.3 Å². The Balaban J connectivity index is 1.14. The Morgan fingerprint density at radius 3 is 0.875 bits per heavy atom. The molecule has 0 atom stereocenters. The summed E-state index contributed by atoms with van der Waals surface area (Å²) in [6.07, 6.45) is 0. The highest BCUT2D eigenvalue weighted by atomic mass is 16.5. The van der Waals surface area contributed by atoms with Gasteiger partial charge >= 0.3 is 0 Å². The molecule has 64 heavy (non-hydrogen) atoms. The van der Waals surface area contributed by atoms with E-state index in [2.05, 4.69) is 172 Å². The fourth-order valence-corrected chi connectivity index (χ4v) is 9.18. The first-order chi connectivity index (χ1) is 31.4. The van der Waals surface area contributed by atoms with Crippen LogP contribution in [-0.2, 0) is 0 Å². The van der Waals surface area contributed by atoms with E-state index in [9.17, 15) is 0 Å². The van der Waals surface area contributed by atoms with Crippen LogP contribution in [0.4, 0.5) is 0 Å². The number of hydrogen-bond donors (Lipinski definition) is 0. The minimum atomic E-state index is 0.541. The summed E-state index contributed by atoms with van der Waals surface area (Å²) in [6.45, 7) is 4.33. The molecule has 7 aromatic carbocycles. The molecule has 0 amide bonds. The van der Waals surface area contributed by atoms with E-state index in [1.54, 1.807) is 14.2 Å². The molecule has 11 rings (SSSR count). The molecule has 0 radical (unpaired) electrons. The lowest BCUT2D eigenvalue weighted by Gasteiger charge is -2.18. The van der Waals surface area contributed by atoms with Crippen LogP contribution in [0, 0.1) is 13.8 Å². The maximum Gasteiger partial charge on any atom is 0.214 e. The summed E-state index contributed by atoms with van der Waals surface area (Å²) < 4.78 is 11.6. The number of pyridine rings is 4. The highest BCUT2D eigenvalue weighted by molar-refractivity contribution is 6.14. The van der Waals surface area contributed by atoms with Gasteiger partial charge in [-0.2, -0.15) is 0 Å². The van der Waals surface area contributed by atoms with Gasteiger partial charge in [0.05, 0.1) is 36.6 Å². The smallest absolute Gasteiger partial charge is 0.214 e. The van der Waals surface area contributed by atoms with Gasteiger partial charge < -0.3 is 9.47 Å². The highest BCUT2D eigenvalue weighted by Crippen LogP contribution is 2.43. The third-order valence-corrected chi connectivity index (χ3v) is 12.4. The third-order valence-electron chi connectivity index (χ3n) is 12.4. The molecule has 0 spiro atoms. The summed E-state index contributed by atoms with van der Waals surface area (Å²) >= 11 is 0. The number of nitrogens with zero attached hydrogens (tertiary/aromatic N) is 4. The van der Waals surface area contributed by atoms with E-state index in [4.69, 9.17) is 29.4 Å². The first kappa shape index (κ1) is 38.7. The monoisotopic (exact) mass is 826 g/mol. The topological polar surface area (TPSA) is 70.0 Å². The number of ether oxygens (including phenoxy) is 2. The molecule has 0 aliphatic heterocycles. The van der Waals surface area contributed by atoms with Gasteiger partial charge in [-0.25, -0.2) is 19.9 Å². The van der Waals surface area contributed by atoms with Gasteiger partial charge in [-0.1, -0.05) is 146 Å². The first-order valence-electron chi connectivity index (χ1n) is 21.4. The number of methoxy groups -OCH3 is 2. The molecule has 0 aliphatic rings. The van der Waals surface area contributed by atoms with Crippen molar-refractivity contribution in [3.8, 4) is 78.8 Å². The van der Waals surface area contributed by atoms with E-state index in [-0.39, 0.29) is 0 Å². The molecule has 0 bridgehead atoms. The van der Waals surface area contributed by atoms with Gasteiger partial charge in [0.1, 0.15) is 11.0 Å². The van der Waals surface area contributed by atoms with Crippen LogP contribution in [0.25, 0.3) is 111 Å². The van der Waals surface area contributed by atoms with E-state index in [0.717, 1.165) is 122 Å². The van der Waals surface area contributed by atoms with Crippen molar-refractivity contribution in [3.63, 3.8) is 0 Å². The Morgan fingerprint density at radius 2 is 0.578 bits per heavy atom. The SMILES string of the molecule is COc1cc(-c2ccccc2)c2ccc3c(-c4ccccc4)cc(-c4cc(C)c(-c5cc(-c6ccccc6)c6ccc7c(-c8ccccc8)cc(OC)nc7c6n5)cc4C)nc3c2n1. The second-order valence-electron chi connectivity index (χ2n) is 16.2. The molecule has 0 N–H and O–H groups in total. The van der Waals surface area contributed by atoms with Crippen molar-refractivity contribution in [1.29, 1.82) is 0 Å². The fraction of sp³-hybridized carbons (Fsp3) is 0.0690.